The summed E-state index contributed by atoms with van der Waals surface area (Å²) in [6.45, 7) is 3.61. The molecule has 2 aliphatic heterocycles. The first-order valence-corrected chi connectivity index (χ1v) is 12.7. The van der Waals surface area contributed by atoms with E-state index in [1.165, 1.54) is 24.1 Å². The molecule has 1 saturated carbocycles. The highest BCUT2D eigenvalue weighted by Crippen LogP contribution is 2.36. The second-order valence-corrected chi connectivity index (χ2v) is 9.79. The Balaban J connectivity index is 1.32. The van der Waals surface area contributed by atoms with Crippen molar-refractivity contribution in [2.45, 2.75) is 63.2 Å². The van der Waals surface area contributed by atoms with Crippen molar-refractivity contribution in [1.82, 2.24) is 4.90 Å². The van der Waals surface area contributed by atoms with E-state index < -0.39 is 0 Å². The third kappa shape index (κ3) is 5.49. The minimum absolute atomic E-state index is 0.0183. The van der Waals surface area contributed by atoms with Crippen LogP contribution in [0.3, 0.4) is 0 Å². The summed E-state index contributed by atoms with van der Waals surface area (Å²) >= 11 is 0. The van der Waals surface area contributed by atoms with E-state index in [1.54, 1.807) is 7.11 Å². The van der Waals surface area contributed by atoms with E-state index in [4.69, 9.17) is 14.2 Å². The van der Waals surface area contributed by atoms with Crippen LogP contribution in [0.5, 0.6) is 11.5 Å². The van der Waals surface area contributed by atoms with Crippen LogP contribution in [0.25, 0.3) is 0 Å². The normalized spacial score (nSPS) is 23.8. The standard InChI is InChI=1S/C28H36N2O4/c1-32-26-13-11-22(18-27(26)33-24-9-5-6-10-24)29-15-16-30(20-25-12-14-28(31)34-25)23(19-29)17-21-7-3-2-4-8-21/h2-4,7-8,11,13,18,23-25H,5-6,9-10,12,14-17,19-20H2,1H3/t23-,25+/m0/s1. The van der Waals surface area contributed by atoms with Crippen molar-refractivity contribution in [3.05, 3.63) is 54.1 Å². The summed E-state index contributed by atoms with van der Waals surface area (Å²) in [7, 11) is 1.71. The van der Waals surface area contributed by atoms with Gasteiger partial charge >= 0.3 is 5.97 Å². The lowest BCUT2D eigenvalue weighted by atomic mass is 10.0. The number of esters is 1. The Morgan fingerprint density at radius 3 is 2.56 bits per heavy atom. The zero-order chi connectivity index (χ0) is 23.3. The molecule has 0 unspecified atom stereocenters. The first-order chi connectivity index (χ1) is 16.7. The molecule has 0 bridgehead atoms. The van der Waals surface area contributed by atoms with E-state index in [2.05, 4.69) is 52.3 Å². The van der Waals surface area contributed by atoms with E-state index in [9.17, 15) is 4.79 Å². The van der Waals surface area contributed by atoms with Gasteiger partial charge in [-0.25, -0.2) is 0 Å². The van der Waals surface area contributed by atoms with Gasteiger partial charge in [0, 0.05) is 50.4 Å². The molecular weight excluding hydrogens is 428 g/mol. The van der Waals surface area contributed by atoms with Crippen LogP contribution in [0.2, 0.25) is 0 Å². The summed E-state index contributed by atoms with van der Waals surface area (Å²) in [6, 6.07) is 17.4. The van der Waals surface area contributed by atoms with Crippen LogP contribution in [0.15, 0.2) is 48.5 Å². The van der Waals surface area contributed by atoms with Gasteiger partial charge in [0.2, 0.25) is 0 Å². The zero-order valence-corrected chi connectivity index (χ0v) is 20.2. The molecule has 0 radical (unpaired) electrons. The number of anilines is 1. The van der Waals surface area contributed by atoms with E-state index in [-0.39, 0.29) is 12.1 Å². The monoisotopic (exact) mass is 464 g/mol. The van der Waals surface area contributed by atoms with Gasteiger partial charge in [0.05, 0.1) is 13.2 Å². The van der Waals surface area contributed by atoms with Gasteiger partial charge in [-0.05, 0) is 56.2 Å². The molecule has 3 aliphatic rings. The quantitative estimate of drug-likeness (QED) is 0.538. The van der Waals surface area contributed by atoms with Crippen molar-refractivity contribution in [1.29, 1.82) is 0 Å². The van der Waals surface area contributed by atoms with Gasteiger partial charge in [-0.15, -0.1) is 0 Å². The predicted molar refractivity (Wildman–Crippen MR) is 133 cm³/mol. The number of ether oxygens (including phenoxy) is 3. The lowest BCUT2D eigenvalue weighted by Gasteiger charge is -2.43. The van der Waals surface area contributed by atoms with Crippen LogP contribution in [0.1, 0.15) is 44.1 Å². The van der Waals surface area contributed by atoms with Crippen molar-refractivity contribution >= 4 is 11.7 Å². The summed E-state index contributed by atoms with van der Waals surface area (Å²) in [6.07, 6.45) is 7.39. The summed E-state index contributed by atoms with van der Waals surface area (Å²) in [5, 5.41) is 0. The number of cyclic esters (lactones) is 1. The zero-order valence-electron chi connectivity index (χ0n) is 20.2. The topological polar surface area (TPSA) is 51.2 Å². The van der Waals surface area contributed by atoms with Gasteiger partial charge in [-0.3, -0.25) is 9.69 Å². The Bertz CT molecular complexity index is 960. The lowest BCUT2D eigenvalue weighted by molar-refractivity contribution is -0.142. The first-order valence-electron chi connectivity index (χ1n) is 12.7. The Kier molecular flexibility index (Phi) is 7.24. The highest BCUT2D eigenvalue weighted by atomic mass is 16.5. The molecule has 0 spiro atoms. The Hall–Kier alpha value is -2.73. The molecule has 1 aliphatic carbocycles. The fourth-order valence-corrected chi connectivity index (χ4v) is 5.56. The Morgan fingerprint density at radius 2 is 1.82 bits per heavy atom. The average molecular weight is 465 g/mol. The number of methoxy groups -OCH3 is 1. The smallest absolute Gasteiger partial charge is 0.306 e. The number of benzene rings is 2. The molecule has 3 fully saturated rings. The minimum Gasteiger partial charge on any atom is -0.493 e. The number of carbonyl (C=O) groups excluding carboxylic acids is 1. The van der Waals surface area contributed by atoms with Crippen molar-refractivity contribution < 1.29 is 19.0 Å². The van der Waals surface area contributed by atoms with Crippen molar-refractivity contribution in [2.75, 3.05) is 38.2 Å². The first kappa shape index (κ1) is 23.0. The molecule has 2 atom stereocenters. The van der Waals surface area contributed by atoms with E-state index in [0.29, 0.717) is 18.6 Å². The number of carbonyl (C=O) groups is 1. The van der Waals surface area contributed by atoms with Crippen molar-refractivity contribution in [3.8, 4) is 11.5 Å². The van der Waals surface area contributed by atoms with Crippen molar-refractivity contribution in [3.63, 3.8) is 0 Å². The number of piperazine rings is 1. The molecule has 6 heteroatoms. The molecule has 6 nitrogen and oxygen atoms in total. The molecule has 182 valence electrons. The highest BCUT2D eigenvalue weighted by Gasteiger charge is 2.32. The molecule has 0 N–H and O–H groups in total. The molecule has 0 aromatic heterocycles. The molecule has 34 heavy (non-hydrogen) atoms. The second kappa shape index (κ2) is 10.7. The number of hydrogen-bond donors (Lipinski definition) is 0. The minimum atomic E-state index is -0.0590. The highest BCUT2D eigenvalue weighted by molar-refractivity contribution is 5.71. The van der Waals surface area contributed by atoms with E-state index in [0.717, 1.165) is 63.4 Å². The van der Waals surface area contributed by atoms with E-state index in [1.807, 2.05) is 6.07 Å². The average Bonchev–Trinajstić information content (AvgIpc) is 3.52. The molecule has 2 aromatic rings. The maximum absolute atomic E-state index is 11.6. The van der Waals surface area contributed by atoms with Crippen LogP contribution >= 0.6 is 0 Å². The number of hydrogen-bond acceptors (Lipinski definition) is 6. The summed E-state index contributed by atoms with van der Waals surface area (Å²) < 4.78 is 17.5. The van der Waals surface area contributed by atoms with Gasteiger partial charge in [-0.1, -0.05) is 30.3 Å². The Morgan fingerprint density at radius 1 is 1.00 bits per heavy atom. The van der Waals surface area contributed by atoms with Gasteiger partial charge in [-0.2, -0.15) is 0 Å². The molecule has 2 heterocycles. The maximum atomic E-state index is 11.6. The largest absolute Gasteiger partial charge is 0.493 e. The molecule has 2 saturated heterocycles. The van der Waals surface area contributed by atoms with Crippen LogP contribution in [-0.4, -0.2) is 62.4 Å². The Labute approximate surface area is 202 Å². The predicted octanol–water partition coefficient (Wildman–Crippen LogP) is 4.46. The van der Waals surface area contributed by atoms with Crippen LogP contribution in [0, 0.1) is 0 Å². The third-order valence-electron chi connectivity index (χ3n) is 7.43. The van der Waals surface area contributed by atoms with Crippen LogP contribution in [-0.2, 0) is 16.0 Å². The van der Waals surface area contributed by atoms with Gasteiger partial charge < -0.3 is 19.1 Å². The maximum Gasteiger partial charge on any atom is 0.306 e. The number of rotatable bonds is 8. The third-order valence-corrected chi connectivity index (χ3v) is 7.43. The second-order valence-electron chi connectivity index (χ2n) is 9.79. The van der Waals surface area contributed by atoms with Gasteiger partial charge in [0.1, 0.15) is 6.10 Å². The molecular formula is C28H36N2O4. The van der Waals surface area contributed by atoms with E-state index >= 15 is 0 Å². The summed E-state index contributed by atoms with van der Waals surface area (Å²) in [4.78, 5) is 16.6. The van der Waals surface area contributed by atoms with Crippen molar-refractivity contribution in [2.24, 2.45) is 0 Å². The van der Waals surface area contributed by atoms with Crippen LogP contribution < -0.4 is 14.4 Å². The van der Waals surface area contributed by atoms with Gasteiger partial charge in [0.15, 0.2) is 11.5 Å². The van der Waals surface area contributed by atoms with Crippen LogP contribution in [0.4, 0.5) is 5.69 Å². The molecule has 2 aromatic carbocycles. The SMILES string of the molecule is COc1ccc(N2CCN(C[C@H]3CCC(=O)O3)[C@@H](Cc3ccccc3)C2)cc1OC1CCCC1. The lowest BCUT2D eigenvalue weighted by Crippen LogP contribution is -2.55. The number of nitrogens with zero attached hydrogens (tertiary/aromatic N) is 2. The summed E-state index contributed by atoms with van der Waals surface area (Å²) in [5.74, 6) is 1.60. The fraction of sp³-hybridized carbons (Fsp3) is 0.536. The summed E-state index contributed by atoms with van der Waals surface area (Å²) in [5.41, 5.74) is 2.52. The van der Waals surface area contributed by atoms with Gasteiger partial charge in [0.25, 0.3) is 0 Å². The fourth-order valence-electron chi connectivity index (χ4n) is 5.56. The molecule has 0 amide bonds. The molecule has 5 rings (SSSR count).